The topological polar surface area (TPSA) is 90.2 Å². The molecule has 0 bridgehead atoms. The lowest BCUT2D eigenvalue weighted by Gasteiger charge is -2.22. The number of nitrogens with zero attached hydrogens (tertiary/aromatic N) is 3. The summed E-state index contributed by atoms with van der Waals surface area (Å²) in [5.74, 6) is 0.465. The molecular formula is C13H20N4O3. The highest BCUT2D eigenvalue weighted by Gasteiger charge is 2.26. The van der Waals surface area contributed by atoms with Gasteiger partial charge in [0.25, 0.3) is 5.88 Å². The Bertz CT molecular complexity index is 487. The molecule has 0 aliphatic heterocycles. The number of ether oxygens (including phenoxy) is 1. The smallest absolute Gasteiger partial charge is 0.352 e. The van der Waals surface area contributed by atoms with Gasteiger partial charge in [0.15, 0.2) is 0 Å². The average Bonchev–Trinajstić information content (AvgIpc) is 2.39. The molecule has 7 nitrogen and oxygen atoms in total. The molecule has 1 aromatic heterocycles. The summed E-state index contributed by atoms with van der Waals surface area (Å²) in [6.07, 6.45) is 5.28. The van der Waals surface area contributed by atoms with Crippen LogP contribution in [0.3, 0.4) is 0 Å². The van der Waals surface area contributed by atoms with E-state index in [0.717, 1.165) is 25.7 Å². The molecule has 0 saturated heterocycles. The van der Waals surface area contributed by atoms with Crippen LogP contribution in [0, 0.1) is 17.0 Å². The highest BCUT2D eigenvalue weighted by atomic mass is 16.6. The maximum atomic E-state index is 11.2. The Morgan fingerprint density at radius 3 is 2.65 bits per heavy atom. The molecule has 110 valence electrons. The van der Waals surface area contributed by atoms with Crippen molar-refractivity contribution in [3.63, 3.8) is 0 Å². The lowest BCUT2D eigenvalue weighted by Crippen LogP contribution is -2.21. The van der Waals surface area contributed by atoms with Crippen molar-refractivity contribution in [1.29, 1.82) is 0 Å². The molecule has 1 aromatic rings. The molecule has 1 aliphatic rings. The van der Waals surface area contributed by atoms with Gasteiger partial charge in [-0.1, -0.05) is 6.42 Å². The fourth-order valence-electron chi connectivity index (χ4n) is 2.41. The molecule has 0 spiro atoms. The number of hydrogen-bond donors (Lipinski definition) is 1. The van der Waals surface area contributed by atoms with Crippen LogP contribution in [0.15, 0.2) is 0 Å². The van der Waals surface area contributed by atoms with E-state index < -0.39 is 4.92 Å². The fraction of sp³-hybridized carbons (Fsp3) is 0.692. The number of hydrogen-bond acceptors (Lipinski definition) is 6. The Labute approximate surface area is 117 Å². The first-order chi connectivity index (χ1) is 9.61. The first kappa shape index (κ1) is 14.5. The van der Waals surface area contributed by atoms with Crippen LogP contribution in [0.1, 0.15) is 44.7 Å². The standard InChI is InChI=1S/C13H20N4O3/c1-3-14-13-15-9(2)11(17(18)19)12(16-13)20-10-7-5-4-6-8-10/h10H,3-8H2,1-2H3,(H,14,15,16). The summed E-state index contributed by atoms with van der Waals surface area (Å²) in [6.45, 7) is 4.18. The zero-order valence-electron chi connectivity index (χ0n) is 11.9. The molecule has 20 heavy (non-hydrogen) atoms. The van der Waals surface area contributed by atoms with Gasteiger partial charge >= 0.3 is 5.69 Å². The van der Waals surface area contributed by atoms with Gasteiger partial charge in [-0.2, -0.15) is 4.98 Å². The summed E-state index contributed by atoms with van der Waals surface area (Å²) in [5, 5.41) is 14.1. The molecule has 0 atom stereocenters. The minimum Gasteiger partial charge on any atom is -0.469 e. The van der Waals surface area contributed by atoms with Crippen LogP contribution >= 0.6 is 0 Å². The van der Waals surface area contributed by atoms with E-state index in [1.807, 2.05) is 6.92 Å². The maximum Gasteiger partial charge on any atom is 0.352 e. The molecular weight excluding hydrogens is 260 g/mol. The summed E-state index contributed by atoms with van der Waals surface area (Å²) in [4.78, 5) is 19.0. The minimum absolute atomic E-state index is 0.0197. The second-order valence-corrected chi connectivity index (χ2v) is 4.95. The van der Waals surface area contributed by atoms with Crippen molar-refractivity contribution < 1.29 is 9.66 Å². The number of aromatic nitrogens is 2. The van der Waals surface area contributed by atoms with Gasteiger partial charge < -0.3 is 10.1 Å². The van der Waals surface area contributed by atoms with Crippen molar-refractivity contribution in [1.82, 2.24) is 9.97 Å². The second-order valence-electron chi connectivity index (χ2n) is 4.95. The van der Waals surface area contributed by atoms with Crippen LogP contribution < -0.4 is 10.1 Å². The summed E-state index contributed by atoms with van der Waals surface area (Å²) in [6, 6.07) is 0. The third kappa shape index (κ3) is 3.34. The quantitative estimate of drug-likeness (QED) is 0.658. The molecule has 0 amide bonds. The molecule has 0 unspecified atom stereocenters. The monoisotopic (exact) mass is 280 g/mol. The summed E-state index contributed by atoms with van der Waals surface area (Å²) < 4.78 is 5.78. The highest BCUT2D eigenvalue weighted by Crippen LogP contribution is 2.31. The van der Waals surface area contributed by atoms with Crippen LogP contribution in [-0.4, -0.2) is 27.5 Å². The van der Waals surface area contributed by atoms with Crippen LogP contribution in [0.2, 0.25) is 0 Å². The Kier molecular flexibility index (Phi) is 4.70. The normalized spacial score (nSPS) is 15.9. The van der Waals surface area contributed by atoms with Gasteiger partial charge in [0.05, 0.1) is 4.92 Å². The molecule has 1 N–H and O–H groups in total. The van der Waals surface area contributed by atoms with Crippen molar-refractivity contribution in [2.24, 2.45) is 0 Å². The lowest BCUT2D eigenvalue weighted by atomic mass is 9.98. The number of anilines is 1. The Hall–Kier alpha value is -1.92. The molecule has 2 rings (SSSR count). The van der Waals surface area contributed by atoms with Crippen LogP contribution in [0.25, 0.3) is 0 Å². The molecule has 1 aliphatic carbocycles. The van der Waals surface area contributed by atoms with Crippen molar-refractivity contribution in [3.8, 4) is 5.88 Å². The van der Waals surface area contributed by atoms with Gasteiger partial charge in [0.2, 0.25) is 5.95 Å². The van der Waals surface area contributed by atoms with Crippen molar-refractivity contribution in [3.05, 3.63) is 15.8 Å². The van der Waals surface area contributed by atoms with Crippen molar-refractivity contribution in [2.45, 2.75) is 52.1 Å². The largest absolute Gasteiger partial charge is 0.469 e. The molecule has 1 heterocycles. The van der Waals surface area contributed by atoms with Gasteiger partial charge in [0, 0.05) is 6.54 Å². The third-order valence-electron chi connectivity index (χ3n) is 3.37. The van der Waals surface area contributed by atoms with Gasteiger partial charge in [-0.15, -0.1) is 0 Å². The third-order valence-corrected chi connectivity index (χ3v) is 3.37. The predicted octanol–water partition coefficient (Wildman–Crippen LogP) is 2.84. The fourth-order valence-corrected chi connectivity index (χ4v) is 2.41. The van der Waals surface area contributed by atoms with E-state index in [1.165, 1.54) is 6.42 Å². The second kappa shape index (κ2) is 6.49. The van der Waals surface area contributed by atoms with E-state index in [2.05, 4.69) is 15.3 Å². The number of nitrogens with one attached hydrogen (secondary N) is 1. The molecule has 1 fully saturated rings. The number of aryl methyl sites for hydroxylation is 1. The summed E-state index contributed by atoms with van der Waals surface area (Å²) in [5.41, 5.74) is 0.198. The molecule has 0 radical (unpaired) electrons. The van der Waals surface area contributed by atoms with E-state index in [9.17, 15) is 10.1 Å². The van der Waals surface area contributed by atoms with Crippen molar-refractivity contribution >= 4 is 11.6 Å². The Morgan fingerprint density at radius 1 is 1.35 bits per heavy atom. The van der Waals surface area contributed by atoms with E-state index in [0.29, 0.717) is 18.2 Å². The first-order valence-corrected chi connectivity index (χ1v) is 7.05. The summed E-state index contributed by atoms with van der Waals surface area (Å²) >= 11 is 0. The zero-order chi connectivity index (χ0) is 14.5. The minimum atomic E-state index is -0.469. The average molecular weight is 280 g/mol. The van der Waals surface area contributed by atoms with Gasteiger partial charge in [-0.25, -0.2) is 4.98 Å². The maximum absolute atomic E-state index is 11.2. The SMILES string of the molecule is CCNc1nc(C)c([N+](=O)[O-])c(OC2CCCCC2)n1. The molecule has 7 heteroatoms. The molecule has 1 saturated carbocycles. The van der Waals surface area contributed by atoms with Crippen molar-refractivity contribution in [2.75, 3.05) is 11.9 Å². The number of rotatable bonds is 5. The van der Waals surface area contributed by atoms with E-state index in [-0.39, 0.29) is 17.7 Å². The lowest BCUT2D eigenvalue weighted by molar-refractivity contribution is -0.387. The summed E-state index contributed by atoms with van der Waals surface area (Å²) in [7, 11) is 0. The van der Waals surface area contributed by atoms with Gasteiger partial charge in [0.1, 0.15) is 11.8 Å². The van der Waals surface area contributed by atoms with E-state index in [1.54, 1.807) is 6.92 Å². The Balaban J connectivity index is 2.28. The van der Waals surface area contributed by atoms with Gasteiger partial charge in [-0.3, -0.25) is 10.1 Å². The van der Waals surface area contributed by atoms with Crippen LogP contribution in [0.5, 0.6) is 5.88 Å². The Morgan fingerprint density at radius 2 is 2.05 bits per heavy atom. The van der Waals surface area contributed by atoms with Gasteiger partial charge in [-0.05, 0) is 39.5 Å². The van der Waals surface area contributed by atoms with Crippen LogP contribution in [0.4, 0.5) is 11.6 Å². The highest BCUT2D eigenvalue weighted by molar-refractivity contribution is 5.48. The zero-order valence-corrected chi connectivity index (χ0v) is 11.9. The predicted molar refractivity (Wildman–Crippen MR) is 75.1 cm³/mol. The number of nitro groups is 1. The van der Waals surface area contributed by atoms with Crippen LogP contribution in [-0.2, 0) is 0 Å². The first-order valence-electron chi connectivity index (χ1n) is 7.05. The van der Waals surface area contributed by atoms with E-state index in [4.69, 9.17) is 4.74 Å². The molecule has 0 aromatic carbocycles. The van der Waals surface area contributed by atoms with E-state index >= 15 is 0 Å².